The van der Waals surface area contributed by atoms with E-state index in [1.165, 1.54) is 39.2 Å². The number of nitrogens with one attached hydrogen (secondary N) is 2. The van der Waals surface area contributed by atoms with Crippen molar-refractivity contribution in [3.05, 3.63) is 30.4 Å². The van der Waals surface area contributed by atoms with Gasteiger partial charge >= 0.3 is 6.01 Å². The first-order valence-electron chi connectivity index (χ1n) is 9.55. The Kier molecular flexibility index (Phi) is 3.72. The van der Waals surface area contributed by atoms with Crippen molar-refractivity contribution in [2.45, 2.75) is 38.1 Å². The molecule has 4 saturated carbocycles. The lowest BCUT2D eigenvalue weighted by Gasteiger charge is -2.54. The standard InChI is InChI=1S/C20H24N4O2/c1-26-20-22-9-16(10-23-20)15-7-17(21-8-15)19(25)24-18-13-3-11-2-12(5-13)6-14(18)4-11/h7-14,18,21H,2-6H2,1H3,(H,24,25). The van der Waals surface area contributed by atoms with Crippen molar-refractivity contribution < 1.29 is 9.53 Å². The Morgan fingerprint density at radius 2 is 1.73 bits per heavy atom. The van der Waals surface area contributed by atoms with Gasteiger partial charge in [0.15, 0.2) is 0 Å². The van der Waals surface area contributed by atoms with E-state index in [1.807, 2.05) is 12.3 Å². The zero-order valence-electron chi connectivity index (χ0n) is 14.9. The summed E-state index contributed by atoms with van der Waals surface area (Å²) < 4.78 is 4.99. The van der Waals surface area contributed by atoms with Gasteiger partial charge in [-0.2, -0.15) is 0 Å². The molecule has 4 aliphatic carbocycles. The highest BCUT2D eigenvalue weighted by molar-refractivity contribution is 5.94. The van der Waals surface area contributed by atoms with Gasteiger partial charge in [-0.25, -0.2) is 9.97 Å². The molecule has 0 radical (unpaired) electrons. The Bertz CT molecular complexity index is 785. The Labute approximate surface area is 152 Å². The highest BCUT2D eigenvalue weighted by Crippen LogP contribution is 2.53. The van der Waals surface area contributed by atoms with Gasteiger partial charge < -0.3 is 15.0 Å². The van der Waals surface area contributed by atoms with Gasteiger partial charge in [0.25, 0.3) is 5.91 Å². The maximum Gasteiger partial charge on any atom is 0.316 e. The molecule has 4 bridgehead atoms. The number of aromatic amines is 1. The van der Waals surface area contributed by atoms with Gasteiger partial charge in [-0.3, -0.25) is 4.79 Å². The smallest absolute Gasteiger partial charge is 0.316 e. The molecule has 0 saturated heterocycles. The second-order valence-electron chi connectivity index (χ2n) is 8.19. The summed E-state index contributed by atoms with van der Waals surface area (Å²) in [5.41, 5.74) is 2.36. The minimum atomic E-state index is 0.00292. The first-order chi connectivity index (χ1) is 12.7. The predicted octanol–water partition coefficient (Wildman–Crippen LogP) is 3.03. The van der Waals surface area contributed by atoms with Gasteiger partial charge in [-0.05, 0) is 61.8 Å². The molecule has 0 atom stereocenters. The van der Waals surface area contributed by atoms with E-state index in [-0.39, 0.29) is 5.91 Å². The van der Waals surface area contributed by atoms with E-state index in [2.05, 4.69) is 20.3 Å². The third kappa shape index (κ3) is 2.68. The molecule has 4 fully saturated rings. The predicted molar refractivity (Wildman–Crippen MR) is 96.7 cm³/mol. The van der Waals surface area contributed by atoms with Crippen LogP contribution in [0.15, 0.2) is 24.7 Å². The van der Waals surface area contributed by atoms with Crippen LogP contribution in [-0.4, -0.2) is 34.0 Å². The second-order valence-corrected chi connectivity index (χ2v) is 8.19. The molecule has 2 aromatic heterocycles. The Morgan fingerprint density at radius 1 is 1.08 bits per heavy atom. The van der Waals surface area contributed by atoms with E-state index in [4.69, 9.17) is 4.74 Å². The third-order valence-electron chi connectivity index (χ3n) is 6.60. The van der Waals surface area contributed by atoms with Crippen molar-refractivity contribution >= 4 is 5.91 Å². The van der Waals surface area contributed by atoms with Crippen LogP contribution in [0.4, 0.5) is 0 Å². The van der Waals surface area contributed by atoms with Crippen LogP contribution in [0, 0.1) is 23.7 Å². The monoisotopic (exact) mass is 352 g/mol. The molecule has 1 amide bonds. The first-order valence-corrected chi connectivity index (χ1v) is 9.55. The van der Waals surface area contributed by atoms with Crippen molar-refractivity contribution in [2.75, 3.05) is 7.11 Å². The summed E-state index contributed by atoms with van der Waals surface area (Å²) in [5, 5.41) is 3.34. The van der Waals surface area contributed by atoms with Gasteiger partial charge in [0.05, 0.1) is 7.11 Å². The van der Waals surface area contributed by atoms with E-state index in [0.29, 0.717) is 29.6 Å². The maximum atomic E-state index is 12.8. The van der Waals surface area contributed by atoms with Crippen LogP contribution >= 0.6 is 0 Å². The van der Waals surface area contributed by atoms with Gasteiger partial charge in [0, 0.05) is 35.8 Å². The molecular weight excluding hydrogens is 328 g/mol. The summed E-state index contributed by atoms with van der Waals surface area (Å²) in [5.74, 6) is 3.19. The molecule has 2 N–H and O–H groups in total. The zero-order valence-corrected chi connectivity index (χ0v) is 14.9. The van der Waals surface area contributed by atoms with Gasteiger partial charge in [0.1, 0.15) is 5.69 Å². The number of carbonyl (C=O) groups is 1. The molecule has 6 rings (SSSR count). The zero-order chi connectivity index (χ0) is 17.7. The van der Waals surface area contributed by atoms with E-state index in [1.54, 1.807) is 12.4 Å². The number of nitrogens with zero attached hydrogens (tertiary/aromatic N) is 2. The Hall–Kier alpha value is -2.37. The van der Waals surface area contributed by atoms with Crippen molar-refractivity contribution in [3.8, 4) is 17.1 Å². The number of hydrogen-bond acceptors (Lipinski definition) is 4. The van der Waals surface area contributed by atoms with Gasteiger partial charge in [-0.15, -0.1) is 0 Å². The summed E-state index contributed by atoms with van der Waals surface area (Å²) in [7, 11) is 1.54. The molecule has 6 heteroatoms. The van der Waals surface area contributed by atoms with Crippen LogP contribution in [-0.2, 0) is 0 Å². The summed E-state index contributed by atoms with van der Waals surface area (Å²) >= 11 is 0. The summed E-state index contributed by atoms with van der Waals surface area (Å²) in [6, 6.07) is 2.56. The largest absolute Gasteiger partial charge is 0.467 e. The molecule has 2 heterocycles. The fourth-order valence-electron chi connectivity index (χ4n) is 5.65. The van der Waals surface area contributed by atoms with Crippen molar-refractivity contribution in [3.63, 3.8) is 0 Å². The quantitative estimate of drug-likeness (QED) is 0.886. The molecular formula is C20H24N4O2. The van der Waals surface area contributed by atoms with Crippen molar-refractivity contribution in [2.24, 2.45) is 23.7 Å². The third-order valence-corrected chi connectivity index (χ3v) is 6.60. The highest BCUT2D eigenvalue weighted by atomic mass is 16.5. The second kappa shape index (κ2) is 6.11. The number of carbonyl (C=O) groups excluding carboxylic acids is 1. The number of aromatic nitrogens is 3. The summed E-state index contributed by atoms with van der Waals surface area (Å²) in [6.45, 7) is 0. The van der Waals surface area contributed by atoms with Crippen LogP contribution in [0.3, 0.4) is 0 Å². The van der Waals surface area contributed by atoms with Crippen LogP contribution < -0.4 is 10.1 Å². The fraction of sp³-hybridized carbons (Fsp3) is 0.550. The van der Waals surface area contributed by atoms with E-state index in [0.717, 1.165) is 23.0 Å². The molecule has 136 valence electrons. The van der Waals surface area contributed by atoms with Crippen LogP contribution in [0.5, 0.6) is 6.01 Å². The number of ether oxygens (including phenoxy) is 1. The molecule has 2 aromatic rings. The van der Waals surface area contributed by atoms with Gasteiger partial charge in [0.2, 0.25) is 0 Å². The molecule has 0 aromatic carbocycles. The highest BCUT2D eigenvalue weighted by Gasteiger charge is 2.48. The number of methoxy groups -OCH3 is 1. The van der Waals surface area contributed by atoms with E-state index in [9.17, 15) is 4.79 Å². The molecule has 0 spiro atoms. The van der Waals surface area contributed by atoms with Crippen LogP contribution in [0.25, 0.3) is 11.1 Å². The number of hydrogen-bond donors (Lipinski definition) is 2. The van der Waals surface area contributed by atoms with Crippen molar-refractivity contribution in [1.29, 1.82) is 0 Å². The van der Waals surface area contributed by atoms with Crippen LogP contribution in [0.2, 0.25) is 0 Å². The fourth-order valence-corrected chi connectivity index (χ4v) is 5.65. The summed E-state index contributed by atoms with van der Waals surface area (Å²) in [4.78, 5) is 24.1. The van der Waals surface area contributed by atoms with Crippen LogP contribution in [0.1, 0.15) is 42.6 Å². The minimum absolute atomic E-state index is 0.00292. The summed E-state index contributed by atoms with van der Waals surface area (Å²) in [6.07, 6.45) is 11.9. The first kappa shape index (κ1) is 15.9. The average Bonchev–Trinajstić information content (AvgIpc) is 3.14. The minimum Gasteiger partial charge on any atom is -0.467 e. The average molecular weight is 352 g/mol. The topological polar surface area (TPSA) is 79.9 Å². The molecule has 26 heavy (non-hydrogen) atoms. The lowest BCUT2D eigenvalue weighted by molar-refractivity contribution is -0.0120. The van der Waals surface area contributed by atoms with Gasteiger partial charge in [-0.1, -0.05) is 0 Å². The Morgan fingerprint density at radius 3 is 2.35 bits per heavy atom. The molecule has 0 unspecified atom stereocenters. The van der Waals surface area contributed by atoms with Crippen molar-refractivity contribution in [1.82, 2.24) is 20.3 Å². The molecule has 6 nitrogen and oxygen atoms in total. The molecule has 4 aliphatic rings. The molecule has 0 aliphatic heterocycles. The maximum absolute atomic E-state index is 12.8. The van der Waals surface area contributed by atoms with E-state index >= 15 is 0 Å². The Balaban J connectivity index is 1.30. The number of rotatable bonds is 4. The lowest BCUT2D eigenvalue weighted by atomic mass is 9.54. The SMILES string of the molecule is COc1ncc(-c2c[nH]c(C(=O)NC3C4CC5CC(C4)CC3C5)c2)cn1. The lowest BCUT2D eigenvalue weighted by Crippen LogP contribution is -2.55. The number of amides is 1. The van der Waals surface area contributed by atoms with E-state index < -0.39 is 0 Å². The number of H-pyrrole nitrogens is 1. The normalized spacial score (nSPS) is 31.8.